The van der Waals surface area contributed by atoms with Crippen molar-refractivity contribution in [2.24, 2.45) is 0 Å². The Labute approximate surface area is 137 Å². The van der Waals surface area contributed by atoms with Crippen LogP contribution in [0.25, 0.3) is 0 Å². The number of carbonyl (C=O) groups excluding carboxylic acids is 2. The van der Waals surface area contributed by atoms with E-state index in [0.29, 0.717) is 15.7 Å². The van der Waals surface area contributed by atoms with Crippen LogP contribution in [-0.2, 0) is 9.53 Å². The molecule has 1 N–H and O–H groups in total. The summed E-state index contributed by atoms with van der Waals surface area (Å²) in [5.41, 5.74) is 2.16. The van der Waals surface area contributed by atoms with Crippen LogP contribution in [0.1, 0.15) is 22.8 Å². The number of halogens is 1. The molecule has 1 amide bonds. The first-order valence-electron chi connectivity index (χ1n) is 6.80. The lowest BCUT2D eigenvalue weighted by atomic mass is 10.2. The highest BCUT2D eigenvalue weighted by Gasteiger charge is 2.20. The molecule has 0 spiro atoms. The molecule has 0 fully saturated rings. The van der Waals surface area contributed by atoms with Crippen molar-refractivity contribution in [3.63, 3.8) is 0 Å². The molecular formula is C17H16BrNO3. The summed E-state index contributed by atoms with van der Waals surface area (Å²) >= 11 is 3.28. The van der Waals surface area contributed by atoms with Crippen molar-refractivity contribution in [1.29, 1.82) is 0 Å². The minimum Gasteiger partial charge on any atom is -0.449 e. The third kappa shape index (κ3) is 4.18. The van der Waals surface area contributed by atoms with Crippen molar-refractivity contribution in [3.05, 3.63) is 64.1 Å². The smallest absolute Gasteiger partial charge is 0.340 e. The third-order valence-corrected chi connectivity index (χ3v) is 3.76. The summed E-state index contributed by atoms with van der Waals surface area (Å²) in [4.78, 5) is 24.1. The first-order valence-corrected chi connectivity index (χ1v) is 7.59. The predicted molar refractivity (Wildman–Crippen MR) is 88.8 cm³/mol. The van der Waals surface area contributed by atoms with Crippen molar-refractivity contribution in [2.75, 3.05) is 5.32 Å². The van der Waals surface area contributed by atoms with Crippen molar-refractivity contribution in [3.8, 4) is 0 Å². The summed E-state index contributed by atoms with van der Waals surface area (Å²) in [6, 6.07) is 14.3. The Morgan fingerprint density at radius 1 is 1.09 bits per heavy atom. The standard InChI is InChI=1S/C17H16BrNO3/c1-11-7-9-13(10-8-11)19-16(20)12(2)22-17(21)14-5-3-4-6-15(14)18/h3-10,12H,1-2H3,(H,19,20)/t12-/m0/s1. The van der Waals surface area contributed by atoms with Gasteiger partial charge in [-0.3, -0.25) is 4.79 Å². The highest BCUT2D eigenvalue weighted by molar-refractivity contribution is 9.10. The molecule has 0 unspecified atom stereocenters. The third-order valence-electron chi connectivity index (χ3n) is 3.07. The zero-order valence-corrected chi connectivity index (χ0v) is 13.9. The van der Waals surface area contributed by atoms with Gasteiger partial charge in [-0.25, -0.2) is 4.79 Å². The first-order chi connectivity index (χ1) is 10.5. The number of benzene rings is 2. The Kier molecular flexibility index (Phi) is 5.33. The SMILES string of the molecule is Cc1ccc(NC(=O)[C@H](C)OC(=O)c2ccccc2Br)cc1. The molecule has 2 aromatic rings. The fourth-order valence-electron chi connectivity index (χ4n) is 1.79. The van der Waals surface area contributed by atoms with Gasteiger partial charge < -0.3 is 10.1 Å². The van der Waals surface area contributed by atoms with E-state index in [1.807, 2.05) is 19.1 Å². The van der Waals surface area contributed by atoms with Crippen LogP contribution in [-0.4, -0.2) is 18.0 Å². The van der Waals surface area contributed by atoms with Crippen LogP contribution in [0, 0.1) is 6.92 Å². The van der Waals surface area contributed by atoms with Gasteiger partial charge in [-0.1, -0.05) is 29.8 Å². The monoisotopic (exact) mass is 361 g/mol. The Bertz CT molecular complexity index is 683. The predicted octanol–water partition coefficient (Wildman–Crippen LogP) is 3.94. The zero-order valence-electron chi connectivity index (χ0n) is 12.3. The number of rotatable bonds is 4. The number of hydrogen-bond donors (Lipinski definition) is 1. The van der Waals surface area contributed by atoms with Gasteiger partial charge in [0.1, 0.15) is 0 Å². The molecule has 2 aromatic carbocycles. The molecule has 0 bridgehead atoms. The van der Waals surface area contributed by atoms with E-state index in [9.17, 15) is 9.59 Å². The lowest BCUT2D eigenvalue weighted by Gasteiger charge is -2.14. The number of carbonyl (C=O) groups is 2. The Morgan fingerprint density at radius 2 is 1.73 bits per heavy atom. The molecule has 0 saturated carbocycles. The van der Waals surface area contributed by atoms with E-state index in [2.05, 4.69) is 21.2 Å². The molecule has 1 atom stereocenters. The Balaban J connectivity index is 1.98. The van der Waals surface area contributed by atoms with Crippen LogP contribution >= 0.6 is 15.9 Å². The molecule has 114 valence electrons. The van der Waals surface area contributed by atoms with Gasteiger partial charge in [-0.05, 0) is 54.0 Å². The van der Waals surface area contributed by atoms with E-state index in [0.717, 1.165) is 5.56 Å². The van der Waals surface area contributed by atoms with Gasteiger partial charge in [0.15, 0.2) is 6.10 Å². The second kappa shape index (κ2) is 7.22. The van der Waals surface area contributed by atoms with Crippen LogP contribution in [0.2, 0.25) is 0 Å². The fourth-order valence-corrected chi connectivity index (χ4v) is 2.23. The summed E-state index contributed by atoms with van der Waals surface area (Å²) in [6.45, 7) is 3.51. The largest absolute Gasteiger partial charge is 0.449 e. The molecule has 0 aliphatic heterocycles. The maximum Gasteiger partial charge on any atom is 0.340 e. The summed E-state index contributed by atoms with van der Waals surface area (Å²) < 4.78 is 5.82. The normalized spacial score (nSPS) is 11.6. The van der Waals surface area contributed by atoms with E-state index in [-0.39, 0.29) is 5.91 Å². The molecular weight excluding hydrogens is 346 g/mol. The van der Waals surface area contributed by atoms with Gasteiger partial charge >= 0.3 is 5.97 Å². The van der Waals surface area contributed by atoms with Crippen LogP contribution in [0.5, 0.6) is 0 Å². The molecule has 0 aliphatic carbocycles. The molecule has 0 radical (unpaired) electrons. The van der Waals surface area contributed by atoms with E-state index < -0.39 is 12.1 Å². The van der Waals surface area contributed by atoms with E-state index in [4.69, 9.17) is 4.74 Å². The average Bonchev–Trinajstić information content (AvgIpc) is 2.49. The maximum atomic E-state index is 12.0. The molecule has 22 heavy (non-hydrogen) atoms. The quantitative estimate of drug-likeness (QED) is 0.839. The van der Waals surface area contributed by atoms with Gasteiger partial charge in [0.2, 0.25) is 0 Å². The van der Waals surface area contributed by atoms with E-state index in [1.54, 1.807) is 36.4 Å². The molecule has 0 aromatic heterocycles. The van der Waals surface area contributed by atoms with Crippen LogP contribution in [0.15, 0.2) is 53.0 Å². The maximum absolute atomic E-state index is 12.0. The number of esters is 1. The van der Waals surface area contributed by atoms with Crippen molar-refractivity contribution >= 4 is 33.5 Å². The highest BCUT2D eigenvalue weighted by atomic mass is 79.9. The van der Waals surface area contributed by atoms with Crippen molar-refractivity contribution in [1.82, 2.24) is 0 Å². The van der Waals surface area contributed by atoms with E-state index >= 15 is 0 Å². The number of aryl methyl sites for hydroxylation is 1. The number of amides is 1. The Morgan fingerprint density at radius 3 is 2.36 bits per heavy atom. The van der Waals surface area contributed by atoms with Gasteiger partial charge in [-0.2, -0.15) is 0 Å². The molecule has 0 aliphatic rings. The number of ether oxygens (including phenoxy) is 1. The summed E-state index contributed by atoms with van der Waals surface area (Å²) in [6.07, 6.45) is -0.888. The van der Waals surface area contributed by atoms with Gasteiger partial charge in [0.25, 0.3) is 5.91 Å². The lowest BCUT2D eigenvalue weighted by molar-refractivity contribution is -0.123. The van der Waals surface area contributed by atoms with E-state index in [1.165, 1.54) is 6.92 Å². The summed E-state index contributed by atoms with van der Waals surface area (Å²) in [5.74, 6) is -0.914. The molecule has 2 rings (SSSR count). The molecule has 4 nitrogen and oxygen atoms in total. The van der Waals surface area contributed by atoms with Gasteiger partial charge in [-0.15, -0.1) is 0 Å². The topological polar surface area (TPSA) is 55.4 Å². The first kappa shape index (κ1) is 16.2. The number of nitrogens with one attached hydrogen (secondary N) is 1. The summed E-state index contributed by atoms with van der Waals surface area (Å²) in [7, 11) is 0. The molecule has 0 heterocycles. The second-order valence-corrected chi connectivity index (χ2v) is 5.74. The second-order valence-electron chi connectivity index (χ2n) is 4.88. The molecule has 0 saturated heterocycles. The van der Waals surface area contributed by atoms with Crippen molar-refractivity contribution in [2.45, 2.75) is 20.0 Å². The lowest BCUT2D eigenvalue weighted by Crippen LogP contribution is -2.30. The summed E-state index contributed by atoms with van der Waals surface area (Å²) in [5, 5.41) is 2.71. The average molecular weight is 362 g/mol. The van der Waals surface area contributed by atoms with Crippen LogP contribution < -0.4 is 5.32 Å². The van der Waals surface area contributed by atoms with Gasteiger partial charge in [0.05, 0.1) is 5.56 Å². The number of anilines is 1. The number of hydrogen-bond acceptors (Lipinski definition) is 3. The van der Waals surface area contributed by atoms with Crippen molar-refractivity contribution < 1.29 is 14.3 Å². The van der Waals surface area contributed by atoms with Crippen LogP contribution in [0.4, 0.5) is 5.69 Å². The van der Waals surface area contributed by atoms with Gasteiger partial charge in [0, 0.05) is 10.2 Å². The highest BCUT2D eigenvalue weighted by Crippen LogP contribution is 2.18. The minimum atomic E-state index is -0.888. The zero-order chi connectivity index (χ0) is 16.1. The fraction of sp³-hybridized carbons (Fsp3) is 0.176. The van der Waals surface area contributed by atoms with Crippen LogP contribution in [0.3, 0.4) is 0 Å². The minimum absolute atomic E-state index is 0.371. The Hall–Kier alpha value is -2.14. The molecule has 5 heteroatoms.